The van der Waals surface area contributed by atoms with Crippen LogP contribution in [-0.2, 0) is 27.1 Å². The zero-order valence-electron chi connectivity index (χ0n) is 25.0. The van der Waals surface area contributed by atoms with Crippen LogP contribution in [0.4, 0.5) is 30.4 Å². The monoisotopic (exact) mass is 623 g/mol. The highest BCUT2D eigenvalue weighted by Gasteiger charge is 2.49. The fourth-order valence-electron chi connectivity index (χ4n) is 6.69. The molecule has 11 nitrogen and oxygen atoms in total. The molecule has 0 unspecified atom stereocenters. The molecule has 14 heteroatoms. The SMILES string of the molecule is C=CC(=O)N1CCC[C@H]1c1nc(CN2C[C@H]3CC(=O)N(c4cc(C(F)(F)F)cc(C)n4)[C@@H]3C(=O)N(C)c3cccc(C)c32)no1. The summed E-state index contributed by atoms with van der Waals surface area (Å²) in [4.78, 5) is 55.0. The number of fused-ring (bicyclic) bond motifs is 2. The molecule has 0 radical (unpaired) electrons. The molecular formula is C31H32F3N7O4. The fraction of sp³-hybridized carbons (Fsp3) is 0.419. The number of anilines is 3. The predicted molar refractivity (Wildman–Crippen MR) is 157 cm³/mol. The second-order valence-electron chi connectivity index (χ2n) is 11.7. The molecule has 6 rings (SSSR count). The maximum Gasteiger partial charge on any atom is 0.416 e. The number of carbonyl (C=O) groups is 3. The van der Waals surface area contributed by atoms with Gasteiger partial charge in [0.25, 0.3) is 0 Å². The van der Waals surface area contributed by atoms with Crippen LogP contribution >= 0.6 is 0 Å². The average Bonchev–Trinajstić information content (AvgIpc) is 3.73. The average molecular weight is 624 g/mol. The van der Waals surface area contributed by atoms with Gasteiger partial charge in [-0.15, -0.1) is 0 Å². The number of aryl methyl sites for hydroxylation is 2. The lowest BCUT2D eigenvalue weighted by atomic mass is 9.95. The number of hydrogen-bond donors (Lipinski definition) is 0. The van der Waals surface area contributed by atoms with Gasteiger partial charge in [0.1, 0.15) is 17.9 Å². The van der Waals surface area contributed by atoms with Crippen molar-refractivity contribution in [3.63, 3.8) is 0 Å². The van der Waals surface area contributed by atoms with Crippen LogP contribution in [0.3, 0.4) is 0 Å². The van der Waals surface area contributed by atoms with E-state index in [1.165, 1.54) is 17.9 Å². The summed E-state index contributed by atoms with van der Waals surface area (Å²) in [6.45, 7) is 7.82. The summed E-state index contributed by atoms with van der Waals surface area (Å²) in [5.74, 6) is -1.27. The highest BCUT2D eigenvalue weighted by atomic mass is 19.4. The Balaban J connectivity index is 1.37. The summed E-state index contributed by atoms with van der Waals surface area (Å²) >= 11 is 0. The van der Waals surface area contributed by atoms with E-state index in [-0.39, 0.29) is 43.0 Å². The third kappa shape index (κ3) is 5.42. The summed E-state index contributed by atoms with van der Waals surface area (Å²) in [5.41, 5.74) is 1.30. The number of pyridine rings is 1. The predicted octanol–water partition coefficient (Wildman–Crippen LogP) is 4.35. The molecule has 236 valence electrons. The minimum Gasteiger partial charge on any atom is -0.362 e. The largest absolute Gasteiger partial charge is 0.416 e. The lowest BCUT2D eigenvalue weighted by Gasteiger charge is -2.39. The van der Waals surface area contributed by atoms with Crippen molar-refractivity contribution in [2.24, 2.45) is 5.92 Å². The van der Waals surface area contributed by atoms with Gasteiger partial charge < -0.3 is 19.2 Å². The van der Waals surface area contributed by atoms with Crippen molar-refractivity contribution in [3.05, 3.63) is 71.5 Å². The molecule has 0 N–H and O–H groups in total. The van der Waals surface area contributed by atoms with Crippen LogP contribution in [0.1, 0.15) is 53.8 Å². The first-order valence-corrected chi connectivity index (χ1v) is 14.6. The molecule has 3 atom stereocenters. The van der Waals surface area contributed by atoms with Gasteiger partial charge in [0.05, 0.1) is 23.5 Å². The van der Waals surface area contributed by atoms with Crippen LogP contribution in [0.2, 0.25) is 0 Å². The van der Waals surface area contributed by atoms with Crippen LogP contribution in [0.25, 0.3) is 0 Å². The lowest BCUT2D eigenvalue weighted by molar-refractivity contribution is -0.137. The number of carbonyl (C=O) groups excluding carboxylic acids is 3. The highest BCUT2D eigenvalue weighted by molar-refractivity contribution is 6.10. The zero-order chi connectivity index (χ0) is 32.2. The number of amides is 3. The quantitative estimate of drug-likeness (QED) is 0.386. The van der Waals surface area contributed by atoms with Crippen molar-refractivity contribution in [3.8, 4) is 0 Å². The minimum atomic E-state index is -4.66. The number of nitrogens with zero attached hydrogens (tertiary/aromatic N) is 7. The Labute approximate surface area is 257 Å². The van der Waals surface area contributed by atoms with Crippen LogP contribution in [0.5, 0.6) is 0 Å². The molecule has 5 heterocycles. The van der Waals surface area contributed by atoms with E-state index in [2.05, 4.69) is 21.7 Å². The molecule has 3 amide bonds. The van der Waals surface area contributed by atoms with Gasteiger partial charge in [-0.3, -0.25) is 19.3 Å². The molecule has 2 aromatic heterocycles. The minimum absolute atomic E-state index is 0.0723. The summed E-state index contributed by atoms with van der Waals surface area (Å²) in [6, 6.07) is 5.76. The number of benzene rings is 1. The Morgan fingerprint density at radius 3 is 2.69 bits per heavy atom. The van der Waals surface area contributed by atoms with E-state index in [0.717, 1.165) is 34.7 Å². The van der Waals surface area contributed by atoms with Crippen LogP contribution in [-0.4, -0.2) is 63.9 Å². The normalized spacial score (nSPS) is 22.0. The van der Waals surface area contributed by atoms with Gasteiger partial charge in [0.2, 0.25) is 23.6 Å². The number of aromatic nitrogens is 3. The van der Waals surface area contributed by atoms with Crippen molar-refractivity contribution in [2.75, 3.05) is 34.8 Å². The number of halogens is 3. The van der Waals surface area contributed by atoms with Gasteiger partial charge in [-0.05, 0) is 56.5 Å². The van der Waals surface area contributed by atoms with Gasteiger partial charge in [-0.25, -0.2) is 4.98 Å². The molecule has 2 saturated heterocycles. The molecule has 0 bridgehead atoms. The molecule has 45 heavy (non-hydrogen) atoms. The van der Waals surface area contributed by atoms with Crippen molar-refractivity contribution >= 4 is 34.9 Å². The molecule has 2 fully saturated rings. The van der Waals surface area contributed by atoms with E-state index in [1.54, 1.807) is 18.0 Å². The maximum atomic E-state index is 14.1. The van der Waals surface area contributed by atoms with E-state index >= 15 is 0 Å². The Kier molecular flexibility index (Phi) is 7.61. The molecule has 0 aliphatic carbocycles. The van der Waals surface area contributed by atoms with Crippen LogP contribution in [0.15, 0.2) is 47.5 Å². The van der Waals surface area contributed by atoms with E-state index in [1.807, 2.05) is 24.0 Å². The molecular weight excluding hydrogens is 591 g/mol. The third-order valence-corrected chi connectivity index (χ3v) is 8.69. The zero-order valence-corrected chi connectivity index (χ0v) is 25.0. The fourth-order valence-corrected chi connectivity index (χ4v) is 6.69. The molecule has 0 saturated carbocycles. The first kappa shape index (κ1) is 30.3. The van der Waals surface area contributed by atoms with Gasteiger partial charge >= 0.3 is 6.18 Å². The maximum absolute atomic E-state index is 14.1. The number of likely N-dealkylation sites (N-methyl/N-ethyl adjacent to an activating group) is 1. The van der Waals surface area contributed by atoms with E-state index < -0.39 is 35.5 Å². The summed E-state index contributed by atoms with van der Waals surface area (Å²) in [5, 5.41) is 4.20. The number of hydrogen-bond acceptors (Lipinski definition) is 8. The second kappa shape index (κ2) is 11.3. The van der Waals surface area contributed by atoms with Crippen LogP contribution < -0.4 is 14.7 Å². The van der Waals surface area contributed by atoms with Gasteiger partial charge in [-0.1, -0.05) is 23.9 Å². The lowest BCUT2D eigenvalue weighted by Crippen LogP contribution is -2.52. The van der Waals surface area contributed by atoms with Crippen molar-refractivity contribution in [2.45, 2.75) is 57.9 Å². The molecule has 3 aliphatic rings. The van der Waals surface area contributed by atoms with E-state index in [0.29, 0.717) is 30.4 Å². The Bertz CT molecular complexity index is 1690. The van der Waals surface area contributed by atoms with Gasteiger partial charge in [0.15, 0.2) is 5.82 Å². The molecule has 3 aromatic rings. The Morgan fingerprint density at radius 1 is 1.18 bits per heavy atom. The second-order valence-corrected chi connectivity index (χ2v) is 11.7. The number of likely N-dealkylation sites (tertiary alicyclic amines) is 1. The number of alkyl halides is 3. The van der Waals surface area contributed by atoms with Gasteiger partial charge in [0, 0.05) is 38.2 Å². The molecule has 3 aliphatic heterocycles. The first-order valence-electron chi connectivity index (χ1n) is 14.6. The van der Waals surface area contributed by atoms with Crippen molar-refractivity contribution < 1.29 is 32.1 Å². The molecule has 0 spiro atoms. The van der Waals surface area contributed by atoms with E-state index in [9.17, 15) is 27.6 Å². The van der Waals surface area contributed by atoms with Crippen molar-refractivity contribution in [1.29, 1.82) is 0 Å². The number of rotatable bonds is 5. The summed E-state index contributed by atoms with van der Waals surface area (Å²) in [7, 11) is 1.59. The van der Waals surface area contributed by atoms with Crippen LogP contribution in [0, 0.1) is 19.8 Å². The highest BCUT2D eigenvalue weighted by Crippen LogP contribution is 2.42. The topological polar surface area (TPSA) is 116 Å². The standard InChI is InChI=1S/C31H32F3N7O4/c1-5-25(42)40-11-7-10-22(40)29-36-23(37-45-29)16-39-15-19-13-26(43)41(24-14-20(31(32,33)34)12-18(3)35-24)28(19)30(44)38(4)21-9-6-8-17(2)27(21)39/h5-6,8-9,12,14,19,22,28H,1,7,10-11,13,15-16H2,2-4H3/t19-,22+,28+/m1/s1. The Morgan fingerprint density at radius 2 is 1.96 bits per heavy atom. The summed E-state index contributed by atoms with van der Waals surface area (Å²) in [6.07, 6.45) is -2.01. The van der Waals surface area contributed by atoms with Gasteiger partial charge in [-0.2, -0.15) is 18.2 Å². The van der Waals surface area contributed by atoms with E-state index in [4.69, 9.17) is 4.52 Å². The first-order chi connectivity index (χ1) is 21.4. The third-order valence-electron chi connectivity index (χ3n) is 8.69. The number of para-hydroxylation sites is 1. The summed E-state index contributed by atoms with van der Waals surface area (Å²) < 4.78 is 46.7. The molecule has 1 aromatic carbocycles. The Hall–Kier alpha value is -4.75. The van der Waals surface area contributed by atoms with Crippen molar-refractivity contribution in [1.82, 2.24) is 20.0 Å². The smallest absolute Gasteiger partial charge is 0.362 e.